The highest BCUT2D eigenvalue weighted by Crippen LogP contribution is 2.25. The maximum absolute atomic E-state index is 12.0. The van der Waals surface area contributed by atoms with E-state index < -0.39 is 6.09 Å². The van der Waals surface area contributed by atoms with Crippen molar-refractivity contribution in [2.24, 2.45) is 0 Å². The molecule has 0 aliphatic rings. The maximum Gasteiger partial charge on any atom is 0.410 e. The predicted molar refractivity (Wildman–Crippen MR) is 97.0 cm³/mol. The van der Waals surface area contributed by atoms with Crippen LogP contribution >= 0.6 is 27.5 Å². The van der Waals surface area contributed by atoms with Crippen LogP contribution in [-0.4, -0.2) is 30.5 Å². The normalized spacial score (nSPS) is 10.1. The van der Waals surface area contributed by atoms with Crippen molar-refractivity contribution in [1.29, 1.82) is 0 Å². The number of nitrogens with one attached hydrogen (secondary N) is 1. The third kappa shape index (κ3) is 5.54. The Bertz CT molecular complexity index is 725. The Morgan fingerprint density at radius 3 is 2.58 bits per heavy atom. The van der Waals surface area contributed by atoms with Gasteiger partial charge in [0.1, 0.15) is 13.2 Å². The second-order valence-electron chi connectivity index (χ2n) is 5.07. The third-order valence-electron chi connectivity index (χ3n) is 3.10. The molecule has 1 N–H and O–H groups in total. The minimum Gasteiger partial charge on any atom is -0.445 e. The molecular formula is C17H16BrClN2O3. The SMILES string of the molecule is CN(CC(=O)Nc1ccc(Cl)c(Br)c1)C(=O)OCc1ccccc1. The smallest absolute Gasteiger partial charge is 0.410 e. The second kappa shape index (κ2) is 8.70. The Balaban J connectivity index is 1.81. The van der Waals surface area contributed by atoms with E-state index in [0.29, 0.717) is 15.2 Å². The molecule has 0 saturated carbocycles. The highest BCUT2D eigenvalue weighted by Gasteiger charge is 2.14. The van der Waals surface area contributed by atoms with Gasteiger partial charge >= 0.3 is 6.09 Å². The van der Waals surface area contributed by atoms with E-state index in [4.69, 9.17) is 16.3 Å². The number of hydrogen-bond donors (Lipinski definition) is 1. The van der Waals surface area contributed by atoms with Crippen LogP contribution in [0.2, 0.25) is 5.02 Å². The molecule has 2 amide bonds. The second-order valence-corrected chi connectivity index (χ2v) is 6.33. The molecule has 2 aromatic rings. The summed E-state index contributed by atoms with van der Waals surface area (Å²) in [7, 11) is 1.50. The molecule has 0 heterocycles. The van der Waals surface area contributed by atoms with Crippen LogP contribution in [0.5, 0.6) is 0 Å². The van der Waals surface area contributed by atoms with E-state index in [1.54, 1.807) is 18.2 Å². The highest BCUT2D eigenvalue weighted by atomic mass is 79.9. The molecule has 0 unspecified atom stereocenters. The minimum atomic E-state index is -0.564. The molecule has 0 fully saturated rings. The van der Waals surface area contributed by atoms with Crippen LogP contribution in [0.4, 0.5) is 10.5 Å². The quantitative estimate of drug-likeness (QED) is 0.797. The first kappa shape index (κ1) is 18.3. The van der Waals surface area contributed by atoms with Crippen LogP contribution in [0, 0.1) is 0 Å². The summed E-state index contributed by atoms with van der Waals surface area (Å²) in [6.07, 6.45) is -0.564. The number of rotatable bonds is 5. The summed E-state index contributed by atoms with van der Waals surface area (Å²) < 4.78 is 5.84. The molecule has 0 atom stereocenters. The summed E-state index contributed by atoms with van der Waals surface area (Å²) in [5, 5.41) is 3.24. The summed E-state index contributed by atoms with van der Waals surface area (Å²) in [4.78, 5) is 25.1. The van der Waals surface area contributed by atoms with E-state index in [0.717, 1.165) is 5.56 Å². The predicted octanol–water partition coefficient (Wildman–Crippen LogP) is 4.31. The number of ether oxygens (including phenoxy) is 1. The number of amides is 2. The van der Waals surface area contributed by atoms with Gasteiger partial charge in [-0.3, -0.25) is 4.79 Å². The van der Waals surface area contributed by atoms with Crippen molar-refractivity contribution in [1.82, 2.24) is 4.90 Å². The zero-order valence-electron chi connectivity index (χ0n) is 13.0. The van der Waals surface area contributed by atoms with Crippen LogP contribution < -0.4 is 5.32 Å². The maximum atomic E-state index is 12.0. The average molecular weight is 412 g/mol. The van der Waals surface area contributed by atoms with Gasteiger partial charge in [-0.1, -0.05) is 41.9 Å². The number of nitrogens with zero attached hydrogens (tertiary/aromatic N) is 1. The average Bonchev–Trinajstić information content (AvgIpc) is 2.56. The van der Waals surface area contributed by atoms with Gasteiger partial charge in [0.15, 0.2) is 0 Å². The number of anilines is 1. The van der Waals surface area contributed by atoms with Gasteiger partial charge in [0, 0.05) is 17.2 Å². The lowest BCUT2D eigenvalue weighted by Crippen LogP contribution is -2.35. The number of halogens is 2. The zero-order chi connectivity index (χ0) is 17.5. The van der Waals surface area contributed by atoms with Gasteiger partial charge in [-0.2, -0.15) is 0 Å². The minimum absolute atomic E-state index is 0.117. The number of hydrogen-bond acceptors (Lipinski definition) is 3. The van der Waals surface area contributed by atoms with Gasteiger partial charge in [0.25, 0.3) is 0 Å². The van der Waals surface area contributed by atoms with Crippen molar-refractivity contribution in [3.63, 3.8) is 0 Å². The van der Waals surface area contributed by atoms with Crippen LogP contribution in [-0.2, 0) is 16.1 Å². The van der Waals surface area contributed by atoms with Gasteiger partial charge in [-0.25, -0.2) is 4.79 Å². The first-order valence-corrected chi connectivity index (χ1v) is 8.29. The topological polar surface area (TPSA) is 58.6 Å². The highest BCUT2D eigenvalue weighted by molar-refractivity contribution is 9.10. The number of benzene rings is 2. The molecular weight excluding hydrogens is 396 g/mol. The summed E-state index contributed by atoms with van der Waals surface area (Å²) >= 11 is 9.18. The van der Waals surface area contributed by atoms with Gasteiger partial charge < -0.3 is 15.0 Å². The van der Waals surface area contributed by atoms with Crippen molar-refractivity contribution >= 4 is 45.2 Å². The largest absolute Gasteiger partial charge is 0.445 e. The molecule has 0 aliphatic heterocycles. The molecule has 24 heavy (non-hydrogen) atoms. The van der Waals surface area contributed by atoms with Crippen molar-refractivity contribution in [2.75, 3.05) is 18.9 Å². The molecule has 0 saturated heterocycles. The fourth-order valence-corrected chi connectivity index (χ4v) is 2.38. The van der Waals surface area contributed by atoms with Crippen molar-refractivity contribution < 1.29 is 14.3 Å². The summed E-state index contributed by atoms with van der Waals surface area (Å²) in [5.74, 6) is -0.330. The standard InChI is InChI=1S/C17H16BrClN2O3/c1-21(17(23)24-11-12-5-3-2-4-6-12)10-16(22)20-13-7-8-15(19)14(18)9-13/h2-9H,10-11H2,1H3,(H,20,22). The van der Waals surface area contributed by atoms with E-state index in [1.165, 1.54) is 11.9 Å². The molecule has 2 aromatic carbocycles. The lowest BCUT2D eigenvalue weighted by molar-refractivity contribution is -0.116. The van der Waals surface area contributed by atoms with E-state index in [9.17, 15) is 9.59 Å². The molecule has 2 rings (SSSR count). The van der Waals surface area contributed by atoms with Gasteiger partial charge in [-0.05, 0) is 39.7 Å². The number of carbonyl (C=O) groups is 2. The Kier molecular flexibility index (Phi) is 6.63. The summed E-state index contributed by atoms with van der Waals surface area (Å²) in [5.41, 5.74) is 1.47. The first-order valence-electron chi connectivity index (χ1n) is 7.12. The molecule has 0 radical (unpaired) electrons. The van der Waals surface area contributed by atoms with E-state index in [2.05, 4.69) is 21.2 Å². The van der Waals surface area contributed by atoms with Crippen molar-refractivity contribution in [3.8, 4) is 0 Å². The van der Waals surface area contributed by atoms with Gasteiger partial charge in [-0.15, -0.1) is 0 Å². The van der Waals surface area contributed by atoms with Crippen LogP contribution in [0.25, 0.3) is 0 Å². The molecule has 0 aliphatic carbocycles. The fourth-order valence-electron chi connectivity index (χ4n) is 1.88. The van der Waals surface area contributed by atoms with Crippen LogP contribution in [0.1, 0.15) is 5.56 Å². The van der Waals surface area contributed by atoms with E-state index >= 15 is 0 Å². The Morgan fingerprint density at radius 2 is 1.92 bits per heavy atom. The van der Waals surface area contributed by atoms with Crippen LogP contribution in [0.3, 0.4) is 0 Å². The molecule has 5 nitrogen and oxygen atoms in total. The Labute approximate surface area is 153 Å². The van der Waals surface area contributed by atoms with Crippen molar-refractivity contribution in [2.45, 2.75) is 6.61 Å². The van der Waals surface area contributed by atoms with Gasteiger partial charge in [0.2, 0.25) is 5.91 Å². The monoisotopic (exact) mass is 410 g/mol. The third-order valence-corrected chi connectivity index (χ3v) is 4.31. The number of carbonyl (C=O) groups excluding carboxylic acids is 2. The molecule has 126 valence electrons. The number of likely N-dealkylation sites (N-methyl/N-ethyl adjacent to an activating group) is 1. The zero-order valence-corrected chi connectivity index (χ0v) is 15.3. The lowest BCUT2D eigenvalue weighted by Gasteiger charge is -2.16. The molecule has 0 spiro atoms. The fraction of sp³-hybridized carbons (Fsp3) is 0.176. The molecule has 7 heteroatoms. The Hall–Kier alpha value is -2.05. The first-order chi connectivity index (χ1) is 11.5. The van der Waals surface area contributed by atoms with Crippen LogP contribution in [0.15, 0.2) is 53.0 Å². The van der Waals surface area contributed by atoms with Crippen molar-refractivity contribution in [3.05, 3.63) is 63.6 Å². The summed E-state index contributed by atoms with van der Waals surface area (Å²) in [6.45, 7) is 0.0453. The van der Waals surface area contributed by atoms with E-state index in [1.807, 2.05) is 30.3 Å². The molecule has 0 bridgehead atoms. The van der Waals surface area contributed by atoms with E-state index in [-0.39, 0.29) is 19.1 Å². The summed E-state index contributed by atoms with van der Waals surface area (Å²) in [6, 6.07) is 14.4. The lowest BCUT2D eigenvalue weighted by atomic mass is 10.2. The van der Waals surface area contributed by atoms with Gasteiger partial charge in [0.05, 0.1) is 5.02 Å². The molecule has 0 aromatic heterocycles. The Morgan fingerprint density at radius 1 is 1.21 bits per heavy atom.